The van der Waals surface area contributed by atoms with E-state index in [0.29, 0.717) is 0 Å². The average Bonchev–Trinajstić information content (AvgIpc) is 2.79. The van der Waals surface area contributed by atoms with Crippen molar-refractivity contribution >= 4 is 17.7 Å². The summed E-state index contributed by atoms with van der Waals surface area (Å²) >= 11 is 1.30. The van der Waals surface area contributed by atoms with Gasteiger partial charge in [-0.3, -0.25) is 4.79 Å². The van der Waals surface area contributed by atoms with Gasteiger partial charge in [0, 0.05) is 0 Å². The number of thioether (sulfide) groups is 1. The molecule has 0 aliphatic carbocycles. The maximum Gasteiger partial charge on any atom is 0.313 e. The van der Waals surface area contributed by atoms with Gasteiger partial charge < -0.3 is 5.11 Å². The van der Waals surface area contributed by atoms with Gasteiger partial charge in [0.15, 0.2) is 0 Å². The fourth-order valence-corrected chi connectivity index (χ4v) is 2.79. The molecule has 4 nitrogen and oxygen atoms in total. The molecule has 20 heavy (non-hydrogen) atoms. The lowest BCUT2D eigenvalue weighted by molar-refractivity contribution is -0.133. The summed E-state index contributed by atoms with van der Waals surface area (Å²) in [4.78, 5) is 10.8. The van der Waals surface area contributed by atoms with Gasteiger partial charge in [0.1, 0.15) is 5.03 Å². The molecule has 0 atom stereocenters. The van der Waals surface area contributed by atoms with Crippen LogP contribution in [-0.2, 0) is 11.2 Å². The number of carbonyl (C=O) groups is 1. The first kappa shape index (κ1) is 14.7. The summed E-state index contributed by atoms with van der Waals surface area (Å²) in [7, 11) is 0. The number of aromatic nitrogens is 2. The Morgan fingerprint density at radius 1 is 1.35 bits per heavy atom. The van der Waals surface area contributed by atoms with Gasteiger partial charge in [-0.25, -0.2) is 4.68 Å². The molecule has 106 valence electrons. The van der Waals surface area contributed by atoms with E-state index in [1.54, 1.807) is 0 Å². The maximum absolute atomic E-state index is 10.8. The van der Waals surface area contributed by atoms with Gasteiger partial charge in [0.05, 0.1) is 17.1 Å². The highest BCUT2D eigenvalue weighted by Gasteiger charge is 2.12. The van der Waals surface area contributed by atoms with Gasteiger partial charge in [-0.1, -0.05) is 36.4 Å². The summed E-state index contributed by atoms with van der Waals surface area (Å²) in [6, 6.07) is 8.14. The van der Waals surface area contributed by atoms with Crippen molar-refractivity contribution in [1.82, 2.24) is 9.78 Å². The molecule has 1 aromatic heterocycles. The van der Waals surface area contributed by atoms with Gasteiger partial charge in [-0.05, 0) is 38.0 Å². The first-order valence-electron chi connectivity index (χ1n) is 6.52. The smallest absolute Gasteiger partial charge is 0.313 e. The minimum absolute atomic E-state index is 0.0414. The zero-order valence-corrected chi connectivity index (χ0v) is 12.7. The van der Waals surface area contributed by atoms with Crippen LogP contribution in [0.3, 0.4) is 0 Å². The lowest BCUT2D eigenvalue weighted by Crippen LogP contribution is -2.04. The minimum atomic E-state index is -0.818. The van der Waals surface area contributed by atoms with Crippen LogP contribution in [0.2, 0.25) is 0 Å². The Balaban J connectivity index is 2.43. The van der Waals surface area contributed by atoms with Crippen molar-refractivity contribution in [1.29, 1.82) is 0 Å². The summed E-state index contributed by atoms with van der Waals surface area (Å²) in [6.07, 6.45) is 0.832. The number of rotatable bonds is 5. The molecule has 0 amide bonds. The van der Waals surface area contributed by atoms with Crippen LogP contribution >= 0.6 is 11.8 Å². The molecule has 1 aromatic carbocycles. The van der Waals surface area contributed by atoms with Gasteiger partial charge >= 0.3 is 5.97 Å². The van der Waals surface area contributed by atoms with Crippen LogP contribution in [0, 0.1) is 13.8 Å². The fraction of sp³-hybridized carbons (Fsp3) is 0.333. The molecule has 0 spiro atoms. The fourth-order valence-electron chi connectivity index (χ4n) is 2.04. The predicted molar refractivity (Wildman–Crippen MR) is 80.8 cm³/mol. The zero-order valence-electron chi connectivity index (χ0n) is 11.9. The summed E-state index contributed by atoms with van der Waals surface area (Å²) in [5.74, 6) is -0.777. The number of hydrogen-bond donors (Lipinski definition) is 1. The number of nitrogens with zero attached hydrogens (tertiary/aromatic N) is 2. The Labute approximate surface area is 122 Å². The molecule has 1 heterocycles. The van der Waals surface area contributed by atoms with E-state index in [1.807, 2.05) is 36.7 Å². The highest BCUT2D eigenvalue weighted by molar-refractivity contribution is 7.99. The van der Waals surface area contributed by atoms with Crippen molar-refractivity contribution in [3.8, 4) is 5.69 Å². The zero-order chi connectivity index (χ0) is 14.7. The molecule has 0 bridgehead atoms. The molecule has 2 aromatic rings. The Hall–Kier alpha value is -1.75. The number of aryl methyl sites for hydroxylation is 3. The van der Waals surface area contributed by atoms with Crippen LogP contribution in [0.25, 0.3) is 5.69 Å². The molecule has 0 saturated heterocycles. The Morgan fingerprint density at radius 3 is 2.70 bits per heavy atom. The Bertz CT molecular complexity index is 635. The average molecular weight is 290 g/mol. The monoisotopic (exact) mass is 290 g/mol. The van der Waals surface area contributed by atoms with Crippen LogP contribution < -0.4 is 0 Å². The second-order valence-corrected chi connectivity index (χ2v) is 5.71. The van der Waals surface area contributed by atoms with Crippen LogP contribution in [-0.4, -0.2) is 26.6 Å². The summed E-state index contributed by atoms with van der Waals surface area (Å²) < 4.78 is 1.85. The molecule has 0 unspecified atom stereocenters. The van der Waals surface area contributed by atoms with E-state index in [0.717, 1.165) is 28.4 Å². The molecule has 5 heteroatoms. The second-order valence-electron chi connectivity index (χ2n) is 4.71. The van der Waals surface area contributed by atoms with E-state index in [2.05, 4.69) is 18.1 Å². The van der Waals surface area contributed by atoms with E-state index in [4.69, 9.17) is 5.11 Å². The molecular weight excluding hydrogens is 272 g/mol. The van der Waals surface area contributed by atoms with E-state index < -0.39 is 5.97 Å². The maximum atomic E-state index is 10.8. The molecule has 0 saturated carbocycles. The van der Waals surface area contributed by atoms with Crippen molar-refractivity contribution in [3.05, 3.63) is 41.1 Å². The van der Waals surface area contributed by atoms with E-state index >= 15 is 0 Å². The standard InChI is InChI=1S/C15H18N2O2S/c1-4-12-8-14(20-9-15(18)19)17(16-12)13-6-5-10(2)7-11(13)3/h5-8H,4,9H2,1-3H3,(H,18,19). The van der Waals surface area contributed by atoms with Crippen LogP contribution in [0.5, 0.6) is 0 Å². The number of aliphatic carboxylic acids is 1. The Kier molecular flexibility index (Phi) is 4.49. The third kappa shape index (κ3) is 3.22. The molecule has 2 rings (SSSR count). The highest BCUT2D eigenvalue weighted by Crippen LogP contribution is 2.25. The first-order valence-corrected chi connectivity index (χ1v) is 7.51. The van der Waals surface area contributed by atoms with Crippen molar-refractivity contribution < 1.29 is 9.90 Å². The van der Waals surface area contributed by atoms with Crippen molar-refractivity contribution in [2.24, 2.45) is 0 Å². The molecule has 0 radical (unpaired) electrons. The largest absolute Gasteiger partial charge is 0.481 e. The van der Waals surface area contributed by atoms with Gasteiger partial charge in [-0.15, -0.1) is 0 Å². The quantitative estimate of drug-likeness (QED) is 0.859. The van der Waals surface area contributed by atoms with Crippen molar-refractivity contribution in [2.75, 3.05) is 5.75 Å². The van der Waals surface area contributed by atoms with E-state index in [9.17, 15) is 4.79 Å². The third-order valence-corrected chi connectivity index (χ3v) is 3.99. The number of hydrogen-bond acceptors (Lipinski definition) is 3. The van der Waals surface area contributed by atoms with Gasteiger partial charge in [0.2, 0.25) is 0 Å². The van der Waals surface area contributed by atoms with Crippen molar-refractivity contribution in [2.45, 2.75) is 32.2 Å². The number of carboxylic acids is 1. The molecule has 0 aliphatic heterocycles. The second kappa shape index (κ2) is 6.13. The molecule has 1 N–H and O–H groups in total. The van der Waals surface area contributed by atoms with Crippen LogP contribution in [0.4, 0.5) is 0 Å². The molecule has 0 aliphatic rings. The summed E-state index contributed by atoms with van der Waals surface area (Å²) in [6.45, 7) is 6.14. The highest BCUT2D eigenvalue weighted by atomic mass is 32.2. The molecular formula is C15H18N2O2S. The van der Waals surface area contributed by atoms with Gasteiger partial charge in [-0.2, -0.15) is 5.10 Å². The van der Waals surface area contributed by atoms with Crippen LogP contribution in [0.15, 0.2) is 29.3 Å². The minimum Gasteiger partial charge on any atom is -0.481 e. The van der Waals surface area contributed by atoms with E-state index in [-0.39, 0.29) is 5.75 Å². The Morgan fingerprint density at radius 2 is 2.10 bits per heavy atom. The third-order valence-electron chi connectivity index (χ3n) is 3.01. The number of carboxylic acid groups (broad SMARTS) is 1. The topological polar surface area (TPSA) is 55.1 Å². The number of benzene rings is 1. The lowest BCUT2D eigenvalue weighted by Gasteiger charge is -2.10. The lowest BCUT2D eigenvalue weighted by atomic mass is 10.1. The predicted octanol–water partition coefficient (Wildman–Crippen LogP) is 3.23. The van der Waals surface area contributed by atoms with Gasteiger partial charge in [0.25, 0.3) is 0 Å². The summed E-state index contributed by atoms with van der Waals surface area (Å²) in [5.41, 5.74) is 4.31. The van der Waals surface area contributed by atoms with Crippen LogP contribution in [0.1, 0.15) is 23.7 Å². The first-order chi connectivity index (χ1) is 9.51. The van der Waals surface area contributed by atoms with E-state index in [1.165, 1.54) is 17.3 Å². The SMILES string of the molecule is CCc1cc(SCC(=O)O)n(-c2ccc(C)cc2C)n1. The normalized spacial score (nSPS) is 10.8. The summed E-state index contributed by atoms with van der Waals surface area (Å²) in [5, 5.41) is 14.3. The molecule has 0 fully saturated rings. The van der Waals surface area contributed by atoms with Crippen molar-refractivity contribution in [3.63, 3.8) is 0 Å².